The summed E-state index contributed by atoms with van der Waals surface area (Å²) in [4.78, 5) is 43.5. The summed E-state index contributed by atoms with van der Waals surface area (Å²) in [5, 5.41) is 5.64. The zero-order chi connectivity index (χ0) is 23.4. The van der Waals surface area contributed by atoms with Crippen molar-refractivity contribution >= 4 is 34.9 Å². The molecule has 8 nitrogen and oxygen atoms in total. The Hall–Kier alpha value is -3.46. The number of hydrogen-bond acceptors (Lipinski definition) is 4. The number of nitrogens with one attached hydrogen (secondary N) is 2. The Morgan fingerprint density at radius 3 is 2.55 bits per heavy atom. The average Bonchev–Trinajstić information content (AvgIpc) is 3.28. The van der Waals surface area contributed by atoms with E-state index in [1.807, 2.05) is 0 Å². The molecule has 4 rings (SSSR count). The van der Waals surface area contributed by atoms with Crippen molar-refractivity contribution in [3.8, 4) is 0 Å². The van der Waals surface area contributed by atoms with E-state index in [0.29, 0.717) is 29.6 Å². The van der Waals surface area contributed by atoms with Crippen LogP contribution >= 0.6 is 0 Å². The van der Waals surface area contributed by atoms with Crippen molar-refractivity contribution in [3.63, 3.8) is 0 Å². The lowest BCUT2D eigenvalue weighted by atomic mass is 10.1. The predicted octanol–water partition coefficient (Wildman–Crippen LogP) is 2.81. The number of anilines is 3. The molecule has 0 spiro atoms. The minimum atomic E-state index is -0.507. The fourth-order valence-corrected chi connectivity index (χ4v) is 4.41. The maximum atomic E-state index is 13.1. The molecule has 2 aromatic carbocycles. The van der Waals surface area contributed by atoms with Crippen molar-refractivity contribution in [2.75, 3.05) is 47.8 Å². The SMILES string of the molecule is CCN1CCC[C@H]1CNC(=O)CN1C(=O)CN(C(=O)Nc2ccc(F)cc2)c2ccccc21. The first-order valence-corrected chi connectivity index (χ1v) is 11.2. The summed E-state index contributed by atoms with van der Waals surface area (Å²) in [6.45, 7) is 4.36. The second-order valence-corrected chi connectivity index (χ2v) is 8.22. The third kappa shape index (κ3) is 5.14. The maximum absolute atomic E-state index is 13.1. The Bertz CT molecular complexity index is 1030. The fraction of sp³-hybridized carbons (Fsp3) is 0.375. The van der Waals surface area contributed by atoms with E-state index in [1.54, 1.807) is 24.3 Å². The van der Waals surface area contributed by atoms with Gasteiger partial charge < -0.3 is 10.6 Å². The van der Waals surface area contributed by atoms with Gasteiger partial charge in [-0.3, -0.25) is 24.3 Å². The quantitative estimate of drug-likeness (QED) is 0.705. The van der Waals surface area contributed by atoms with Gasteiger partial charge >= 0.3 is 6.03 Å². The van der Waals surface area contributed by atoms with Crippen LogP contribution in [0.15, 0.2) is 48.5 Å². The molecule has 9 heteroatoms. The van der Waals surface area contributed by atoms with E-state index in [1.165, 1.54) is 34.1 Å². The van der Waals surface area contributed by atoms with Gasteiger partial charge in [0.15, 0.2) is 0 Å². The molecule has 33 heavy (non-hydrogen) atoms. The topological polar surface area (TPSA) is 85.0 Å². The molecule has 174 valence electrons. The third-order valence-corrected chi connectivity index (χ3v) is 6.14. The van der Waals surface area contributed by atoms with Gasteiger partial charge in [0, 0.05) is 18.3 Å². The average molecular weight is 454 g/mol. The van der Waals surface area contributed by atoms with Gasteiger partial charge in [0.25, 0.3) is 0 Å². The first-order chi connectivity index (χ1) is 16.0. The number of amides is 4. The number of fused-ring (bicyclic) bond motifs is 1. The molecule has 0 aliphatic carbocycles. The Labute approximate surface area is 192 Å². The van der Waals surface area contributed by atoms with Gasteiger partial charge in [-0.25, -0.2) is 9.18 Å². The van der Waals surface area contributed by atoms with E-state index in [9.17, 15) is 18.8 Å². The van der Waals surface area contributed by atoms with Gasteiger partial charge in [0.2, 0.25) is 11.8 Å². The number of para-hydroxylation sites is 2. The van der Waals surface area contributed by atoms with E-state index in [4.69, 9.17) is 0 Å². The summed E-state index contributed by atoms with van der Waals surface area (Å²) >= 11 is 0. The molecular weight excluding hydrogens is 425 g/mol. The molecule has 2 aromatic rings. The summed E-state index contributed by atoms with van der Waals surface area (Å²) in [6.07, 6.45) is 2.18. The number of likely N-dealkylation sites (N-methyl/N-ethyl adjacent to an activating group) is 1. The van der Waals surface area contributed by atoms with Crippen molar-refractivity contribution in [1.29, 1.82) is 0 Å². The monoisotopic (exact) mass is 453 g/mol. The van der Waals surface area contributed by atoms with Gasteiger partial charge in [-0.1, -0.05) is 19.1 Å². The molecule has 1 atom stereocenters. The number of hydrogen-bond donors (Lipinski definition) is 2. The molecule has 4 amide bonds. The molecule has 1 saturated heterocycles. The van der Waals surface area contributed by atoms with Crippen LogP contribution in [0.25, 0.3) is 0 Å². The molecular formula is C24H28FN5O3. The van der Waals surface area contributed by atoms with Crippen LogP contribution in [0.4, 0.5) is 26.2 Å². The summed E-state index contributed by atoms with van der Waals surface area (Å²) in [6, 6.07) is 12.2. The zero-order valence-electron chi connectivity index (χ0n) is 18.6. The lowest BCUT2D eigenvalue weighted by Crippen LogP contribution is -2.52. The zero-order valence-corrected chi connectivity index (χ0v) is 18.6. The minimum absolute atomic E-state index is 0.109. The number of urea groups is 1. The Morgan fingerprint density at radius 2 is 1.82 bits per heavy atom. The number of likely N-dealkylation sites (tertiary alicyclic amines) is 1. The number of carbonyl (C=O) groups is 3. The van der Waals surface area contributed by atoms with Crippen molar-refractivity contribution in [2.45, 2.75) is 25.8 Å². The van der Waals surface area contributed by atoms with Gasteiger partial charge in [-0.05, 0) is 62.3 Å². The second kappa shape index (κ2) is 9.99. The fourth-order valence-electron chi connectivity index (χ4n) is 4.41. The van der Waals surface area contributed by atoms with Gasteiger partial charge in [-0.2, -0.15) is 0 Å². The number of carbonyl (C=O) groups excluding carboxylic acids is 3. The Morgan fingerprint density at radius 1 is 1.09 bits per heavy atom. The van der Waals surface area contributed by atoms with Gasteiger partial charge in [0.1, 0.15) is 18.9 Å². The van der Waals surface area contributed by atoms with Crippen LogP contribution in [0.2, 0.25) is 0 Å². The Kier molecular flexibility index (Phi) is 6.88. The highest BCUT2D eigenvalue weighted by atomic mass is 19.1. The highest BCUT2D eigenvalue weighted by Crippen LogP contribution is 2.33. The number of halogens is 1. The Balaban J connectivity index is 1.44. The third-order valence-electron chi connectivity index (χ3n) is 6.14. The summed E-state index contributed by atoms with van der Waals surface area (Å²) in [7, 11) is 0. The highest BCUT2D eigenvalue weighted by Gasteiger charge is 2.33. The van der Waals surface area contributed by atoms with Crippen LogP contribution in [-0.4, -0.2) is 61.5 Å². The molecule has 0 saturated carbocycles. The van der Waals surface area contributed by atoms with Crippen LogP contribution in [0, 0.1) is 5.82 Å². The van der Waals surface area contributed by atoms with Crippen LogP contribution < -0.4 is 20.4 Å². The van der Waals surface area contributed by atoms with Crippen LogP contribution in [0.1, 0.15) is 19.8 Å². The molecule has 2 aliphatic rings. The summed E-state index contributed by atoms with van der Waals surface area (Å²) < 4.78 is 13.1. The van der Waals surface area contributed by atoms with Gasteiger partial charge in [0.05, 0.1) is 11.4 Å². The standard InChI is InChI=1S/C24H28FN5O3/c1-2-28-13-5-6-19(28)14-26-22(31)15-29-20-7-3-4-8-21(20)30(16-23(29)32)24(33)27-18-11-9-17(25)10-12-18/h3-4,7-12,19H,2,5-6,13-16H2,1H3,(H,26,31)(H,27,33)/t19-/m0/s1. The van der Waals surface area contributed by atoms with Crippen LogP contribution in [0.3, 0.4) is 0 Å². The second-order valence-electron chi connectivity index (χ2n) is 8.22. The van der Waals surface area contributed by atoms with Crippen molar-refractivity contribution < 1.29 is 18.8 Å². The predicted molar refractivity (Wildman–Crippen MR) is 125 cm³/mol. The first kappa shape index (κ1) is 22.7. The molecule has 2 heterocycles. The number of nitrogens with zero attached hydrogens (tertiary/aromatic N) is 3. The molecule has 0 bridgehead atoms. The lowest BCUT2D eigenvalue weighted by molar-refractivity contribution is -0.123. The number of benzene rings is 2. The van der Waals surface area contributed by atoms with Crippen molar-refractivity contribution in [3.05, 3.63) is 54.3 Å². The molecule has 0 radical (unpaired) electrons. The number of rotatable bonds is 6. The van der Waals surface area contributed by atoms with E-state index in [2.05, 4.69) is 22.5 Å². The molecule has 0 unspecified atom stereocenters. The van der Waals surface area contributed by atoms with E-state index >= 15 is 0 Å². The lowest BCUT2D eigenvalue weighted by Gasteiger charge is -2.35. The normalized spacial score (nSPS) is 18.2. The molecule has 2 aliphatic heterocycles. The van der Waals surface area contributed by atoms with Crippen molar-refractivity contribution in [1.82, 2.24) is 10.2 Å². The smallest absolute Gasteiger partial charge is 0.326 e. The molecule has 0 aromatic heterocycles. The van der Waals surface area contributed by atoms with E-state index in [0.717, 1.165) is 25.9 Å². The largest absolute Gasteiger partial charge is 0.353 e. The summed E-state index contributed by atoms with van der Waals surface area (Å²) in [5.74, 6) is -0.991. The first-order valence-electron chi connectivity index (χ1n) is 11.2. The van der Waals surface area contributed by atoms with E-state index in [-0.39, 0.29) is 24.9 Å². The van der Waals surface area contributed by atoms with Crippen LogP contribution in [-0.2, 0) is 9.59 Å². The van der Waals surface area contributed by atoms with Crippen molar-refractivity contribution in [2.24, 2.45) is 0 Å². The minimum Gasteiger partial charge on any atom is -0.353 e. The maximum Gasteiger partial charge on any atom is 0.326 e. The highest BCUT2D eigenvalue weighted by molar-refractivity contribution is 6.14. The van der Waals surface area contributed by atoms with Crippen LogP contribution in [0.5, 0.6) is 0 Å². The molecule has 2 N–H and O–H groups in total. The summed E-state index contributed by atoms with van der Waals surface area (Å²) in [5.41, 5.74) is 1.44. The van der Waals surface area contributed by atoms with Gasteiger partial charge in [-0.15, -0.1) is 0 Å². The molecule has 1 fully saturated rings. The van der Waals surface area contributed by atoms with E-state index < -0.39 is 11.8 Å².